The first-order valence-corrected chi connectivity index (χ1v) is 10.4. The van der Waals surface area contributed by atoms with E-state index < -0.39 is 30.3 Å². The van der Waals surface area contributed by atoms with Crippen molar-refractivity contribution in [2.24, 2.45) is 0 Å². The monoisotopic (exact) mass is 480 g/mol. The molecule has 0 bridgehead atoms. The third-order valence-corrected chi connectivity index (χ3v) is 5.43. The Morgan fingerprint density at radius 1 is 1.09 bits per heavy atom. The van der Waals surface area contributed by atoms with Crippen LogP contribution in [0, 0.1) is 11.6 Å². The van der Waals surface area contributed by atoms with Crippen LogP contribution in [0.1, 0.15) is 29.8 Å². The summed E-state index contributed by atoms with van der Waals surface area (Å²) in [5, 5.41) is 5.36. The molecule has 4 aromatic rings. The Morgan fingerprint density at radius 3 is 2.71 bits per heavy atom. The van der Waals surface area contributed by atoms with Gasteiger partial charge in [-0.1, -0.05) is 0 Å². The molecule has 13 heteroatoms. The van der Waals surface area contributed by atoms with Crippen LogP contribution in [0.15, 0.2) is 30.7 Å². The van der Waals surface area contributed by atoms with E-state index in [9.17, 15) is 26.7 Å². The second kappa shape index (κ2) is 8.31. The van der Waals surface area contributed by atoms with E-state index in [0.717, 1.165) is 34.9 Å². The van der Waals surface area contributed by atoms with Crippen LogP contribution in [-0.2, 0) is 11.4 Å². The normalized spacial score (nSPS) is 15.3. The molecule has 5 heterocycles. The first-order valence-electron chi connectivity index (χ1n) is 10.4. The van der Waals surface area contributed by atoms with Crippen molar-refractivity contribution in [2.75, 3.05) is 13.2 Å². The number of amides is 1. The highest BCUT2D eigenvalue weighted by Gasteiger charge is 2.31. The highest BCUT2D eigenvalue weighted by Crippen LogP contribution is 2.31. The molecule has 1 aliphatic rings. The first kappa shape index (κ1) is 22.2. The predicted octanol–water partition coefficient (Wildman–Crippen LogP) is 4.14. The van der Waals surface area contributed by atoms with Gasteiger partial charge in [-0.2, -0.15) is 18.3 Å². The lowest BCUT2D eigenvalue weighted by Crippen LogP contribution is -2.31. The summed E-state index contributed by atoms with van der Waals surface area (Å²) in [4.78, 5) is 26.3. The zero-order valence-corrected chi connectivity index (χ0v) is 17.5. The van der Waals surface area contributed by atoms with Gasteiger partial charge in [0.05, 0.1) is 24.0 Å². The van der Waals surface area contributed by atoms with E-state index in [1.807, 2.05) is 0 Å². The standard InChI is InChI=1S/C21H17F5N6O2/c22-12-6-14(23)19-28-9-17(30(19)10-12)18-13-8-27-15(20(33)32-4-2-1-3-5-34-32)7-16(13)31(29-18)11-21(24,25)26/h6-10H,1-5,11H2. The summed E-state index contributed by atoms with van der Waals surface area (Å²) in [6.07, 6.45) is 1.14. The van der Waals surface area contributed by atoms with Crippen LogP contribution < -0.4 is 0 Å². The number of hydroxylamine groups is 2. The summed E-state index contributed by atoms with van der Waals surface area (Å²) >= 11 is 0. The van der Waals surface area contributed by atoms with Crippen molar-refractivity contribution in [3.8, 4) is 11.4 Å². The number of halogens is 5. The SMILES string of the molecule is O=C(c1cc2c(cn1)c(-c1cnc3c(F)cc(F)cn13)nn2CC(F)(F)F)N1CCCCCO1. The largest absolute Gasteiger partial charge is 0.408 e. The molecule has 0 radical (unpaired) electrons. The van der Waals surface area contributed by atoms with E-state index >= 15 is 0 Å². The zero-order valence-electron chi connectivity index (χ0n) is 17.5. The molecule has 0 aliphatic carbocycles. The average molecular weight is 480 g/mol. The van der Waals surface area contributed by atoms with Crippen molar-refractivity contribution in [1.29, 1.82) is 0 Å². The highest BCUT2D eigenvalue weighted by molar-refractivity contribution is 5.98. The minimum absolute atomic E-state index is 0.0192. The molecule has 1 amide bonds. The van der Waals surface area contributed by atoms with Crippen molar-refractivity contribution in [3.05, 3.63) is 48.1 Å². The van der Waals surface area contributed by atoms with Crippen molar-refractivity contribution in [3.63, 3.8) is 0 Å². The highest BCUT2D eigenvalue weighted by atomic mass is 19.4. The number of nitrogens with zero attached hydrogens (tertiary/aromatic N) is 6. The first-order chi connectivity index (χ1) is 16.2. The van der Waals surface area contributed by atoms with Crippen LogP contribution >= 0.6 is 0 Å². The van der Waals surface area contributed by atoms with Crippen LogP contribution in [0.5, 0.6) is 0 Å². The number of carbonyl (C=O) groups is 1. The summed E-state index contributed by atoms with van der Waals surface area (Å²) in [6, 6.07) is 1.86. The second-order valence-electron chi connectivity index (χ2n) is 7.85. The van der Waals surface area contributed by atoms with E-state index in [2.05, 4.69) is 15.1 Å². The maximum absolute atomic E-state index is 14.1. The average Bonchev–Trinajstić information content (AvgIpc) is 3.21. The van der Waals surface area contributed by atoms with Crippen LogP contribution in [0.25, 0.3) is 27.9 Å². The second-order valence-corrected chi connectivity index (χ2v) is 7.85. The number of carbonyl (C=O) groups excluding carboxylic acids is 1. The fraction of sp³-hybridized carbons (Fsp3) is 0.333. The number of aromatic nitrogens is 5. The number of imidazole rings is 1. The van der Waals surface area contributed by atoms with Gasteiger partial charge in [0.25, 0.3) is 5.91 Å². The Kier molecular flexibility index (Phi) is 5.42. The van der Waals surface area contributed by atoms with Gasteiger partial charge in [-0.25, -0.2) is 18.8 Å². The lowest BCUT2D eigenvalue weighted by molar-refractivity contribution is -0.141. The molecule has 8 nitrogen and oxygen atoms in total. The van der Waals surface area contributed by atoms with E-state index in [0.29, 0.717) is 23.9 Å². The number of fused-ring (bicyclic) bond motifs is 2. The van der Waals surface area contributed by atoms with Gasteiger partial charge in [0, 0.05) is 30.4 Å². The van der Waals surface area contributed by atoms with Gasteiger partial charge in [-0.15, -0.1) is 0 Å². The molecule has 0 aromatic carbocycles. The summed E-state index contributed by atoms with van der Waals surface area (Å²) < 4.78 is 69.5. The zero-order chi connectivity index (χ0) is 24.0. The number of hydrogen-bond acceptors (Lipinski definition) is 5. The van der Waals surface area contributed by atoms with Crippen molar-refractivity contribution in [1.82, 2.24) is 29.2 Å². The molecule has 0 saturated carbocycles. The van der Waals surface area contributed by atoms with Gasteiger partial charge in [-0.3, -0.25) is 23.7 Å². The van der Waals surface area contributed by atoms with Gasteiger partial charge >= 0.3 is 6.18 Å². The fourth-order valence-corrected chi connectivity index (χ4v) is 3.92. The molecule has 0 N–H and O–H groups in total. The van der Waals surface area contributed by atoms with Crippen molar-refractivity contribution < 1.29 is 31.6 Å². The fourth-order valence-electron chi connectivity index (χ4n) is 3.92. The molecule has 178 valence electrons. The molecular formula is C21H17F5N6O2. The minimum Gasteiger partial charge on any atom is -0.293 e. The smallest absolute Gasteiger partial charge is 0.293 e. The molecular weight excluding hydrogens is 463 g/mol. The van der Waals surface area contributed by atoms with Gasteiger partial charge in [-0.05, 0) is 25.3 Å². The van der Waals surface area contributed by atoms with Gasteiger partial charge in [0.15, 0.2) is 11.5 Å². The summed E-state index contributed by atoms with van der Waals surface area (Å²) in [5.41, 5.74) is -0.301. The van der Waals surface area contributed by atoms with Crippen LogP contribution in [-0.4, -0.2) is 54.4 Å². The molecule has 1 aliphatic heterocycles. The third kappa shape index (κ3) is 4.06. The summed E-state index contributed by atoms with van der Waals surface area (Å²) in [7, 11) is 0. The number of alkyl halides is 3. The molecule has 0 atom stereocenters. The molecule has 34 heavy (non-hydrogen) atoms. The van der Waals surface area contributed by atoms with Crippen molar-refractivity contribution >= 4 is 22.5 Å². The minimum atomic E-state index is -4.62. The Hall–Kier alpha value is -3.61. The van der Waals surface area contributed by atoms with Crippen LogP contribution in [0.3, 0.4) is 0 Å². The van der Waals surface area contributed by atoms with Crippen molar-refractivity contribution in [2.45, 2.75) is 32.0 Å². The van der Waals surface area contributed by atoms with E-state index in [4.69, 9.17) is 4.84 Å². The van der Waals surface area contributed by atoms with E-state index in [1.165, 1.54) is 18.5 Å². The lowest BCUT2D eigenvalue weighted by Gasteiger charge is -2.18. The quantitative estimate of drug-likeness (QED) is 0.412. The summed E-state index contributed by atoms with van der Waals surface area (Å²) in [5.74, 6) is -2.41. The molecule has 0 spiro atoms. The maximum Gasteiger partial charge on any atom is 0.408 e. The lowest BCUT2D eigenvalue weighted by atomic mass is 10.2. The van der Waals surface area contributed by atoms with Gasteiger partial charge in [0.2, 0.25) is 0 Å². The molecule has 1 fully saturated rings. The Bertz CT molecular complexity index is 1390. The molecule has 0 unspecified atom stereocenters. The number of hydrogen-bond donors (Lipinski definition) is 0. The van der Waals surface area contributed by atoms with Crippen LogP contribution in [0.2, 0.25) is 0 Å². The third-order valence-electron chi connectivity index (χ3n) is 5.43. The summed E-state index contributed by atoms with van der Waals surface area (Å²) in [6.45, 7) is -0.753. The number of rotatable bonds is 3. The number of pyridine rings is 2. The predicted molar refractivity (Wildman–Crippen MR) is 109 cm³/mol. The van der Waals surface area contributed by atoms with E-state index in [-0.39, 0.29) is 33.6 Å². The van der Waals surface area contributed by atoms with Gasteiger partial charge in [0.1, 0.15) is 23.7 Å². The molecule has 5 rings (SSSR count). The van der Waals surface area contributed by atoms with Crippen LogP contribution in [0.4, 0.5) is 22.0 Å². The Labute approximate surface area is 188 Å². The van der Waals surface area contributed by atoms with Gasteiger partial charge < -0.3 is 0 Å². The molecule has 1 saturated heterocycles. The Balaban J connectivity index is 1.65. The topological polar surface area (TPSA) is 77.6 Å². The Morgan fingerprint density at radius 2 is 1.91 bits per heavy atom. The van der Waals surface area contributed by atoms with E-state index in [1.54, 1.807) is 0 Å². The maximum atomic E-state index is 14.1. The molecule has 4 aromatic heterocycles.